The van der Waals surface area contributed by atoms with Gasteiger partial charge in [-0.15, -0.1) is 0 Å². The van der Waals surface area contributed by atoms with Gasteiger partial charge in [-0.3, -0.25) is 4.79 Å². The van der Waals surface area contributed by atoms with Crippen LogP contribution in [0.3, 0.4) is 0 Å². The van der Waals surface area contributed by atoms with Gasteiger partial charge in [0, 0.05) is 22.2 Å². The molecule has 32 heavy (non-hydrogen) atoms. The van der Waals surface area contributed by atoms with Crippen molar-refractivity contribution in [3.63, 3.8) is 0 Å². The number of carbonyl (C=O) groups excluding carboxylic acids is 1. The summed E-state index contributed by atoms with van der Waals surface area (Å²) in [7, 11) is 0. The molecule has 4 rings (SSSR count). The van der Waals surface area contributed by atoms with Gasteiger partial charge in [0.1, 0.15) is 12.2 Å². The second-order valence-electron chi connectivity index (χ2n) is 7.04. The van der Waals surface area contributed by atoms with E-state index in [-0.39, 0.29) is 22.8 Å². The fourth-order valence-electron chi connectivity index (χ4n) is 3.67. The number of amides is 1. The summed E-state index contributed by atoms with van der Waals surface area (Å²) in [6.45, 7) is 3.16. The lowest BCUT2D eigenvalue weighted by molar-refractivity contribution is -0.114. The van der Waals surface area contributed by atoms with E-state index in [4.69, 9.17) is 5.26 Å². The highest BCUT2D eigenvalue weighted by Gasteiger charge is 2.37. The fourth-order valence-corrected chi connectivity index (χ4v) is 3.67. The highest BCUT2D eigenvalue weighted by atomic mass is 19.2. The highest BCUT2D eigenvalue weighted by Crippen LogP contribution is 2.35. The van der Waals surface area contributed by atoms with Crippen molar-refractivity contribution in [1.29, 1.82) is 5.26 Å². The minimum absolute atomic E-state index is 0.0236. The van der Waals surface area contributed by atoms with Gasteiger partial charge in [-0.1, -0.05) is 18.2 Å². The van der Waals surface area contributed by atoms with E-state index in [2.05, 4.69) is 11.2 Å². The molecule has 3 aromatic rings. The number of para-hydroxylation sites is 1. The fraction of sp³-hybridized carbons (Fsp3) is 0.136. The molecule has 2 heterocycles. The second-order valence-corrected chi connectivity index (χ2v) is 7.04. The molecule has 5 nitrogen and oxygen atoms in total. The summed E-state index contributed by atoms with van der Waals surface area (Å²) in [6, 6.07) is 9.17. The van der Waals surface area contributed by atoms with Crippen molar-refractivity contribution in [3.8, 4) is 6.07 Å². The Morgan fingerprint density at radius 2 is 1.59 bits per heavy atom. The molecule has 0 N–H and O–H groups in total. The number of aromatic nitrogens is 1. The lowest BCUT2D eigenvalue weighted by atomic mass is 10.0. The first kappa shape index (κ1) is 21.2. The van der Waals surface area contributed by atoms with E-state index in [0.717, 1.165) is 5.52 Å². The van der Waals surface area contributed by atoms with Crippen LogP contribution in [0, 0.1) is 47.3 Å². The number of hydrogen-bond donors (Lipinski definition) is 0. The van der Waals surface area contributed by atoms with E-state index in [0.29, 0.717) is 16.6 Å². The van der Waals surface area contributed by atoms with Crippen LogP contribution in [0.2, 0.25) is 0 Å². The smallest absolute Gasteiger partial charge is 0.280 e. The van der Waals surface area contributed by atoms with E-state index in [1.807, 2.05) is 0 Å². The number of nitriles is 1. The van der Waals surface area contributed by atoms with Gasteiger partial charge in [0.25, 0.3) is 5.91 Å². The Morgan fingerprint density at radius 1 is 1.00 bits per heavy atom. The zero-order chi connectivity index (χ0) is 23.3. The number of halogens is 5. The Morgan fingerprint density at radius 3 is 2.22 bits per heavy atom. The summed E-state index contributed by atoms with van der Waals surface area (Å²) >= 11 is 0. The Bertz CT molecular complexity index is 1390. The molecule has 1 amide bonds. The highest BCUT2D eigenvalue weighted by molar-refractivity contribution is 6.32. The Kier molecular flexibility index (Phi) is 5.05. The van der Waals surface area contributed by atoms with Crippen molar-refractivity contribution in [3.05, 3.63) is 70.2 Å². The largest absolute Gasteiger partial charge is 0.330 e. The number of carbonyl (C=O) groups is 1. The number of rotatable bonds is 3. The van der Waals surface area contributed by atoms with Gasteiger partial charge in [-0.05, 0) is 26.0 Å². The molecule has 1 aromatic heterocycles. The molecular formula is C22H13F5N4O. The van der Waals surface area contributed by atoms with Crippen LogP contribution in [0.1, 0.15) is 18.2 Å². The van der Waals surface area contributed by atoms with Gasteiger partial charge in [-0.2, -0.15) is 15.4 Å². The number of hydrazone groups is 1. The average Bonchev–Trinajstić information content (AvgIpc) is 3.20. The maximum absolute atomic E-state index is 14.2. The van der Waals surface area contributed by atoms with E-state index < -0.39 is 40.7 Å². The minimum Gasteiger partial charge on any atom is -0.330 e. The van der Waals surface area contributed by atoms with Gasteiger partial charge in [0.2, 0.25) is 5.82 Å². The van der Waals surface area contributed by atoms with Crippen molar-refractivity contribution in [2.24, 2.45) is 5.10 Å². The zero-order valence-electron chi connectivity index (χ0n) is 16.7. The number of anilines is 1. The maximum Gasteiger partial charge on any atom is 0.280 e. The number of nitrogens with zero attached hydrogens (tertiary/aromatic N) is 4. The van der Waals surface area contributed by atoms with E-state index >= 15 is 0 Å². The first-order valence-corrected chi connectivity index (χ1v) is 9.27. The van der Waals surface area contributed by atoms with Gasteiger partial charge in [-0.25, -0.2) is 22.0 Å². The third-order valence-electron chi connectivity index (χ3n) is 5.26. The van der Waals surface area contributed by atoms with Crippen LogP contribution >= 0.6 is 0 Å². The van der Waals surface area contributed by atoms with Crippen molar-refractivity contribution in [2.45, 2.75) is 20.4 Å². The summed E-state index contributed by atoms with van der Waals surface area (Å²) < 4.78 is 70.8. The van der Waals surface area contributed by atoms with Gasteiger partial charge in [0.15, 0.2) is 23.3 Å². The molecule has 1 aliphatic heterocycles. The van der Waals surface area contributed by atoms with Crippen LogP contribution < -0.4 is 5.01 Å². The first-order valence-electron chi connectivity index (χ1n) is 9.27. The minimum atomic E-state index is -2.33. The average molecular weight is 444 g/mol. The molecule has 0 spiro atoms. The maximum atomic E-state index is 14.2. The van der Waals surface area contributed by atoms with Crippen molar-refractivity contribution < 1.29 is 26.7 Å². The molecule has 0 bridgehead atoms. The van der Waals surface area contributed by atoms with E-state index in [9.17, 15) is 26.7 Å². The van der Waals surface area contributed by atoms with Crippen LogP contribution in [0.4, 0.5) is 27.6 Å². The lowest BCUT2D eigenvalue weighted by Crippen LogP contribution is -2.25. The van der Waals surface area contributed by atoms with Crippen LogP contribution in [-0.2, 0) is 11.3 Å². The molecule has 2 aromatic carbocycles. The SMILES string of the molecule is CC1=NN(c2c(F)c(F)c(F)c(F)c2F)C(=O)/C1=C\c1c(C)n(CC#N)c2ccccc12. The number of benzene rings is 2. The van der Waals surface area contributed by atoms with Gasteiger partial charge >= 0.3 is 0 Å². The Labute approximate surface area is 178 Å². The van der Waals surface area contributed by atoms with Gasteiger partial charge in [0.05, 0.1) is 17.4 Å². The van der Waals surface area contributed by atoms with E-state index in [1.54, 1.807) is 35.8 Å². The van der Waals surface area contributed by atoms with Crippen LogP contribution in [-0.4, -0.2) is 16.2 Å². The monoisotopic (exact) mass is 444 g/mol. The molecular weight excluding hydrogens is 431 g/mol. The Hall–Kier alpha value is -4.00. The third kappa shape index (κ3) is 2.97. The second kappa shape index (κ2) is 7.60. The summed E-state index contributed by atoms with van der Waals surface area (Å²) in [5.74, 6) is -12.0. The van der Waals surface area contributed by atoms with Crippen molar-refractivity contribution in [1.82, 2.24) is 4.57 Å². The van der Waals surface area contributed by atoms with E-state index in [1.165, 1.54) is 13.0 Å². The predicted octanol–water partition coefficient (Wildman–Crippen LogP) is 4.97. The summed E-state index contributed by atoms with van der Waals surface area (Å²) in [5, 5.41) is 13.8. The number of fused-ring (bicyclic) bond motifs is 1. The molecule has 0 atom stereocenters. The molecule has 1 aliphatic rings. The summed E-state index contributed by atoms with van der Waals surface area (Å²) in [4.78, 5) is 12.9. The summed E-state index contributed by atoms with van der Waals surface area (Å²) in [5.41, 5.74) is 0.434. The molecule has 0 fully saturated rings. The van der Waals surface area contributed by atoms with Crippen LogP contribution in [0.5, 0.6) is 0 Å². The molecule has 162 valence electrons. The lowest BCUT2D eigenvalue weighted by Gasteiger charge is -2.15. The summed E-state index contributed by atoms with van der Waals surface area (Å²) in [6.07, 6.45) is 1.43. The molecule has 0 saturated heterocycles. The molecule has 0 saturated carbocycles. The standard InChI is InChI=1S/C22H13F5N4O/c1-10-13(9-14-11(2)30(8-7-28)15-6-4-3-5-12(14)15)22(32)31(29-10)21-19(26)17(24)16(23)18(25)20(21)27/h3-6,9H,8H2,1-2H3/b13-9-. The predicted molar refractivity (Wildman–Crippen MR) is 107 cm³/mol. The molecule has 0 unspecified atom stereocenters. The third-order valence-corrected chi connectivity index (χ3v) is 5.26. The molecule has 0 radical (unpaired) electrons. The zero-order valence-corrected chi connectivity index (χ0v) is 16.7. The van der Waals surface area contributed by atoms with Gasteiger partial charge < -0.3 is 4.57 Å². The normalized spacial score (nSPS) is 15.1. The van der Waals surface area contributed by atoms with Crippen molar-refractivity contribution >= 4 is 34.3 Å². The quantitative estimate of drug-likeness (QED) is 0.248. The molecule has 10 heteroatoms. The molecule has 0 aliphatic carbocycles. The topological polar surface area (TPSA) is 61.4 Å². The first-order chi connectivity index (χ1) is 15.2. The van der Waals surface area contributed by atoms with Crippen molar-refractivity contribution in [2.75, 3.05) is 5.01 Å². The Balaban J connectivity index is 1.87. The van der Waals surface area contributed by atoms with Crippen LogP contribution in [0.15, 0.2) is 34.9 Å². The van der Waals surface area contributed by atoms with Crippen LogP contribution in [0.25, 0.3) is 17.0 Å². The number of hydrogen-bond acceptors (Lipinski definition) is 3.